The molecule has 1 atom stereocenters. The van der Waals surface area contributed by atoms with Gasteiger partial charge in [-0.1, -0.05) is 74.7 Å². The minimum atomic E-state index is 0.0362. The van der Waals surface area contributed by atoms with E-state index in [0.717, 1.165) is 17.8 Å². The van der Waals surface area contributed by atoms with Crippen LogP contribution in [-0.2, 0) is 4.79 Å². The Morgan fingerprint density at radius 3 is 2.79 bits per heavy atom. The van der Waals surface area contributed by atoms with Gasteiger partial charge in [0.2, 0.25) is 11.1 Å². The van der Waals surface area contributed by atoms with Gasteiger partial charge in [-0.3, -0.25) is 9.89 Å². The summed E-state index contributed by atoms with van der Waals surface area (Å²) in [5.41, 5.74) is 0.988. The van der Waals surface area contributed by atoms with Crippen molar-refractivity contribution in [3.8, 4) is 11.4 Å². The van der Waals surface area contributed by atoms with Gasteiger partial charge in [-0.2, -0.15) is 0 Å². The van der Waals surface area contributed by atoms with E-state index in [1.54, 1.807) is 0 Å². The molecule has 5 nitrogen and oxygen atoms in total. The number of nitrogens with zero attached hydrogens (tertiary/aromatic N) is 2. The highest BCUT2D eigenvalue weighted by atomic mass is 32.2. The van der Waals surface area contributed by atoms with Crippen LogP contribution in [0, 0.1) is 0 Å². The van der Waals surface area contributed by atoms with Gasteiger partial charge in [0.15, 0.2) is 5.82 Å². The third-order valence-electron chi connectivity index (χ3n) is 3.74. The summed E-state index contributed by atoms with van der Waals surface area (Å²) in [5.74, 6) is 1.10. The topological polar surface area (TPSA) is 70.7 Å². The van der Waals surface area contributed by atoms with Crippen molar-refractivity contribution in [2.45, 2.75) is 57.1 Å². The van der Waals surface area contributed by atoms with E-state index in [4.69, 9.17) is 0 Å². The minimum Gasteiger partial charge on any atom is -0.353 e. The van der Waals surface area contributed by atoms with Gasteiger partial charge in [0.05, 0.1) is 5.75 Å². The van der Waals surface area contributed by atoms with Crippen molar-refractivity contribution in [3.63, 3.8) is 0 Å². The third kappa shape index (κ3) is 6.35. The van der Waals surface area contributed by atoms with Crippen LogP contribution >= 0.6 is 11.8 Å². The molecule has 0 fully saturated rings. The number of aromatic nitrogens is 3. The summed E-state index contributed by atoms with van der Waals surface area (Å²) >= 11 is 1.35. The van der Waals surface area contributed by atoms with E-state index in [2.05, 4.69) is 34.3 Å². The molecule has 2 N–H and O–H groups in total. The van der Waals surface area contributed by atoms with Crippen molar-refractivity contribution < 1.29 is 4.79 Å². The lowest BCUT2D eigenvalue weighted by Gasteiger charge is -2.13. The number of carbonyl (C=O) groups is 1. The Balaban J connectivity index is 1.71. The first-order valence-corrected chi connectivity index (χ1v) is 9.57. The molecule has 130 valence electrons. The predicted molar refractivity (Wildman–Crippen MR) is 98.9 cm³/mol. The van der Waals surface area contributed by atoms with Crippen LogP contribution in [0.1, 0.15) is 46.0 Å². The largest absolute Gasteiger partial charge is 0.353 e. The zero-order chi connectivity index (χ0) is 17.2. The molecule has 1 heterocycles. The van der Waals surface area contributed by atoms with Crippen molar-refractivity contribution in [3.05, 3.63) is 30.3 Å². The Hall–Kier alpha value is -1.82. The van der Waals surface area contributed by atoms with Crippen molar-refractivity contribution in [1.29, 1.82) is 0 Å². The van der Waals surface area contributed by atoms with Gasteiger partial charge in [0.25, 0.3) is 0 Å². The molecule has 2 aromatic rings. The maximum Gasteiger partial charge on any atom is 0.230 e. The lowest BCUT2D eigenvalue weighted by Crippen LogP contribution is -2.33. The van der Waals surface area contributed by atoms with Gasteiger partial charge in [0, 0.05) is 11.6 Å². The zero-order valence-corrected chi connectivity index (χ0v) is 15.2. The number of hydrogen-bond acceptors (Lipinski definition) is 4. The molecule has 0 saturated heterocycles. The standard InChI is InChI=1S/C18H26N4OS/c1-3-4-5-7-10-14(2)19-16(23)13-24-18-20-17(21-22-18)15-11-8-6-9-12-15/h6,8-9,11-12,14H,3-5,7,10,13H2,1-2H3,(H,19,23)(H,20,21,22)/t14-/m1/s1. The Labute approximate surface area is 148 Å². The first-order chi connectivity index (χ1) is 11.7. The number of rotatable bonds is 10. The molecule has 6 heteroatoms. The van der Waals surface area contributed by atoms with E-state index in [9.17, 15) is 4.79 Å². The van der Waals surface area contributed by atoms with Gasteiger partial charge in [-0.25, -0.2) is 4.98 Å². The Kier molecular flexibility index (Phi) is 7.82. The number of nitrogens with one attached hydrogen (secondary N) is 2. The summed E-state index contributed by atoms with van der Waals surface area (Å²) in [4.78, 5) is 16.4. The number of carbonyl (C=O) groups excluding carboxylic acids is 1. The molecule has 0 spiro atoms. The number of H-pyrrole nitrogens is 1. The average Bonchev–Trinajstić information content (AvgIpc) is 3.07. The molecular formula is C18H26N4OS. The fourth-order valence-corrected chi connectivity index (χ4v) is 3.04. The number of thioether (sulfide) groups is 1. The predicted octanol–water partition coefficient (Wildman–Crippen LogP) is 4.04. The number of benzene rings is 1. The molecule has 0 unspecified atom stereocenters. The summed E-state index contributed by atoms with van der Waals surface area (Å²) < 4.78 is 0. The zero-order valence-electron chi connectivity index (χ0n) is 14.4. The van der Waals surface area contributed by atoms with Crippen molar-refractivity contribution in [1.82, 2.24) is 20.5 Å². The van der Waals surface area contributed by atoms with Crippen LogP contribution < -0.4 is 5.32 Å². The first kappa shape index (κ1) is 18.5. The molecule has 0 radical (unpaired) electrons. The smallest absolute Gasteiger partial charge is 0.230 e. The second-order valence-corrected chi connectivity index (χ2v) is 6.88. The highest BCUT2D eigenvalue weighted by molar-refractivity contribution is 7.99. The highest BCUT2D eigenvalue weighted by Gasteiger charge is 2.11. The van der Waals surface area contributed by atoms with Crippen LogP contribution in [0.2, 0.25) is 0 Å². The number of unbranched alkanes of at least 4 members (excludes halogenated alkanes) is 3. The quantitative estimate of drug-likeness (QED) is 0.503. The SMILES string of the molecule is CCCCCC[C@@H](C)NC(=O)CSc1n[nH]c(-c2ccccc2)n1. The summed E-state index contributed by atoms with van der Waals surface area (Å²) in [6.07, 6.45) is 5.95. The van der Waals surface area contributed by atoms with E-state index >= 15 is 0 Å². The van der Waals surface area contributed by atoms with Crippen LogP contribution in [0.5, 0.6) is 0 Å². The molecule has 1 aromatic heterocycles. The van der Waals surface area contributed by atoms with Gasteiger partial charge < -0.3 is 5.32 Å². The van der Waals surface area contributed by atoms with Crippen LogP contribution in [0.4, 0.5) is 0 Å². The van der Waals surface area contributed by atoms with Crippen LogP contribution in [0.15, 0.2) is 35.5 Å². The monoisotopic (exact) mass is 346 g/mol. The summed E-state index contributed by atoms with van der Waals surface area (Å²) in [5, 5.41) is 10.7. The van der Waals surface area contributed by atoms with Gasteiger partial charge in [-0.05, 0) is 13.3 Å². The number of amides is 1. The van der Waals surface area contributed by atoms with Crippen LogP contribution in [-0.4, -0.2) is 32.9 Å². The molecule has 0 saturated carbocycles. The molecule has 24 heavy (non-hydrogen) atoms. The molecule has 1 aromatic carbocycles. The van der Waals surface area contributed by atoms with Crippen molar-refractivity contribution >= 4 is 17.7 Å². The molecule has 0 aliphatic heterocycles. The van der Waals surface area contributed by atoms with Crippen molar-refractivity contribution in [2.75, 3.05) is 5.75 Å². The second kappa shape index (κ2) is 10.1. The fourth-order valence-electron chi connectivity index (χ4n) is 2.43. The lowest BCUT2D eigenvalue weighted by molar-refractivity contribution is -0.119. The maximum atomic E-state index is 12.0. The molecule has 2 rings (SSSR count). The van der Waals surface area contributed by atoms with Crippen molar-refractivity contribution in [2.24, 2.45) is 0 Å². The average molecular weight is 347 g/mol. The van der Waals surface area contributed by atoms with E-state index in [0.29, 0.717) is 10.9 Å². The summed E-state index contributed by atoms with van der Waals surface area (Å²) in [6, 6.07) is 10.1. The summed E-state index contributed by atoms with van der Waals surface area (Å²) in [6.45, 7) is 4.27. The van der Waals surface area contributed by atoms with Gasteiger partial charge in [0.1, 0.15) is 0 Å². The van der Waals surface area contributed by atoms with E-state index in [1.165, 1.54) is 37.4 Å². The minimum absolute atomic E-state index is 0.0362. The van der Waals surface area contributed by atoms with E-state index in [1.807, 2.05) is 30.3 Å². The lowest BCUT2D eigenvalue weighted by atomic mass is 10.1. The van der Waals surface area contributed by atoms with Gasteiger partial charge >= 0.3 is 0 Å². The Morgan fingerprint density at radius 2 is 2.04 bits per heavy atom. The number of hydrogen-bond donors (Lipinski definition) is 2. The maximum absolute atomic E-state index is 12.0. The molecule has 0 aliphatic carbocycles. The summed E-state index contributed by atoms with van der Waals surface area (Å²) in [7, 11) is 0. The number of aromatic amines is 1. The fraction of sp³-hybridized carbons (Fsp3) is 0.500. The molecule has 0 bridgehead atoms. The molecule has 1 amide bonds. The third-order valence-corrected chi connectivity index (χ3v) is 4.59. The first-order valence-electron chi connectivity index (χ1n) is 8.59. The van der Waals surface area contributed by atoms with Crippen LogP contribution in [0.25, 0.3) is 11.4 Å². The Morgan fingerprint density at radius 1 is 1.25 bits per heavy atom. The van der Waals surface area contributed by atoms with E-state index in [-0.39, 0.29) is 11.9 Å². The molecular weight excluding hydrogens is 320 g/mol. The Bertz CT molecular complexity index is 614. The van der Waals surface area contributed by atoms with Gasteiger partial charge in [-0.15, -0.1) is 5.10 Å². The van der Waals surface area contributed by atoms with E-state index < -0.39 is 0 Å². The molecule has 0 aliphatic rings. The second-order valence-electron chi connectivity index (χ2n) is 5.94. The van der Waals surface area contributed by atoms with Crippen LogP contribution in [0.3, 0.4) is 0 Å². The highest BCUT2D eigenvalue weighted by Crippen LogP contribution is 2.18. The normalized spacial score (nSPS) is 12.1.